The molecule has 4 aliphatic heterocycles. The summed E-state index contributed by atoms with van der Waals surface area (Å²) in [7, 11) is 1.26. The van der Waals surface area contributed by atoms with Gasteiger partial charge in [-0.25, -0.2) is 14.2 Å². The molecule has 2 aromatic carbocycles. The van der Waals surface area contributed by atoms with E-state index >= 15 is 0 Å². The predicted molar refractivity (Wildman–Crippen MR) is 179 cm³/mol. The number of halogens is 3. The zero-order valence-corrected chi connectivity index (χ0v) is 28.6. The smallest absolute Gasteiger partial charge is 0.430 e. The van der Waals surface area contributed by atoms with Crippen molar-refractivity contribution in [1.29, 1.82) is 0 Å². The number of benzene rings is 2. The highest BCUT2D eigenvalue weighted by atomic mass is 28.3. The third kappa shape index (κ3) is 6.42. The van der Waals surface area contributed by atoms with E-state index in [2.05, 4.69) is 45.9 Å². The molecule has 0 atom stereocenters. The Balaban J connectivity index is 0.000000561. The van der Waals surface area contributed by atoms with Crippen molar-refractivity contribution in [2.24, 2.45) is 0 Å². The van der Waals surface area contributed by atoms with Gasteiger partial charge in [0.1, 0.15) is 14.0 Å². The van der Waals surface area contributed by atoms with E-state index in [0.717, 1.165) is 55.0 Å². The standard InChI is InChI=1S/C34H36N2O6Si.C2HF3O2/c1-41-24-17-35(18-24)22-7-10-27-30(15-22)43(12-4-3-5-13-43)31-16-23(36-19-25(20-36)42-2)8-11-28(31)32(27)29-14-21(33(37)38)6-9-26(29)34(39)40;3-2(4,5)1(6)7/h6-11,14-16,24-25H,3-5,12-13,17-20H2,1-2H3,(H-,37,38,39,40);(H,6,7). The van der Waals surface area contributed by atoms with Crippen LogP contribution in [0.4, 0.5) is 18.9 Å². The van der Waals surface area contributed by atoms with Gasteiger partial charge in [-0.05, 0) is 81.2 Å². The Labute approximate surface area is 287 Å². The largest absolute Gasteiger partial charge is 0.542 e. The molecule has 2 aromatic rings. The van der Waals surface area contributed by atoms with Crippen molar-refractivity contribution in [1.82, 2.24) is 0 Å². The number of aromatic carboxylic acids is 2. The van der Waals surface area contributed by atoms with Gasteiger partial charge in [0.15, 0.2) is 24.9 Å². The molecular formula is C36H37F3N2O8Si. The van der Waals surface area contributed by atoms with E-state index in [-0.39, 0.29) is 23.3 Å². The van der Waals surface area contributed by atoms with Crippen molar-refractivity contribution < 1.29 is 56.9 Å². The van der Waals surface area contributed by atoms with Crippen molar-refractivity contribution in [3.63, 3.8) is 0 Å². The second kappa shape index (κ2) is 13.6. The number of allylic oxidation sites excluding steroid dienone is 5. The van der Waals surface area contributed by atoms with Crippen LogP contribution >= 0.6 is 0 Å². The Kier molecular flexibility index (Phi) is 9.63. The first-order valence-electron chi connectivity index (χ1n) is 16.4. The van der Waals surface area contributed by atoms with Crippen LogP contribution in [0.3, 0.4) is 0 Å². The van der Waals surface area contributed by atoms with Gasteiger partial charge in [-0.1, -0.05) is 25.3 Å². The maximum atomic E-state index is 12.6. The van der Waals surface area contributed by atoms with Crippen molar-refractivity contribution in [2.45, 2.75) is 49.7 Å². The van der Waals surface area contributed by atoms with Crippen LogP contribution < -0.4 is 15.2 Å². The highest BCUT2D eigenvalue weighted by Crippen LogP contribution is 2.48. The molecule has 0 unspecified atom stereocenters. The normalized spacial score (nSPS) is 20.9. The molecule has 1 spiro atoms. The van der Waals surface area contributed by atoms with Crippen molar-refractivity contribution in [2.75, 3.05) is 45.3 Å². The first-order valence-corrected chi connectivity index (χ1v) is 18.8. The van der Waals surface area contributed by atoms with E-state index in [1.165, 1.54) is 53.2 Å². The Morgan fingerprint density at radius 1 is 0.900 bits per heavy atom. The van der Waals surface area contributed by atoms with E-state index in [0.29, 0.717) is 5.56 Å². The highest BCUT2D eigenvalue weighted by molar-refractivity contribution is 7.00. The minimum atomic E-state index is -5.19. The Hall–Kier alpha value is -4.53. The minimum Gasteiger partial charge on any atom is -0.542 e. The molecule has 3 fully saturated rings. The van der Waals surface area contributed by atoms with E-state index in [9.17, 15) is 33.0 Å². The monoisotopic (exact) mass is 710 g/mol. The number of alkyl halides is 3. The average Bonchev–Trinajstić information content (AvgIpc) is 3.04. The lowest BCUT2D eigenvalue weighted by Crippen LogP contribution is -2.57. The number of anilines is 1. The van der Waals surface area contributed by atoms with Crippen molar-refractivity contribution in [3.8, 4) is 0 Å². The summed E-state index contributed by atoms with van der Waals surface area (Å²) in [5.74, 6) is -5.15. The third-order valence-corrected chi connectivity index (χ3v) is 15.7. The van der Waals surface area contributed by atoms with Crippen LogP contribution in [0.15, 0.2) is 65.4 Å². The van der Waals surface area contributed by atoms with Crippen LogP contribution in [0.2, 0.25) is 12.1 Å². The summed E-state index contributed by atoms with van der Waals surface area (Å²) in [5, 5.41) is 31.7. The summed E-state index contributed by atoms with van der Waals surface area (Å²) in [4.78, 5) is 35.8. The van der Waals surface area contributed by atoms with E-state index in [1.807, 2.05) is 0 Å². The second-order valence-corrected chi connectivity index (χ2v) is 17.4. The van der Waals surface area contributed by atoms with Gasteiger partial charge in [0.25, 0.3) is 0 Å². The topological polar surface area (TPSA) is 139 Å². The Bertz CT molecular complexity index is 1860. The summed E-state index contributed by atoms with van der Waals surface area (Å²) in [6, 6.07) is 13.4. The molecule has 264 valence electrons. The zero-order valence-electron chi connectivity index (χ0n) is 27.6. The number of aliphatic carboxylic acids is 1. The zero-order chi connectivity index (χ0) is 36.0. The number of methoxy groups -OCH3 is 2. The molecule has 0 aromatic heterocycles. The predicted octanol–water partition coefficient (Wildman–Crippen LogP) is 3.39. The fourth-order valence-electron chi connectivity index (χ4n) is 7.63. The number of hydrogen-bond acceptors (Lipinski definition) is 7. The molecule has 3 saturated heterocycles. The van der Waals surface area contributed by atoms with Gasteiger partial charge in [0, 0.05) is 45.1 Å². The summed E-state index contributed by atoms with van der Waals surface area (Å²) < 4.78 is 45.0. The molecule has 0 saturated carbocycles. The molecule has 1 aliphatic carbocycles. The molecule has 14 heteroatoms. The van der Waals surface area contributed by atoms with Crippen LogP contribution in [-0.4, -0.2) is 105 Å². The van der Waals surface area contributed by atoms with Gasteiger partial charge in [0.05, 0.1) is 17.2 Å². The number of carboxylic acid groups (broad SMARTS) is 3. The summed E-state index contributed by atoms with van der Waals surface area (Å²) in [6.45, 7) is 3.39. The van der Waals surface area contributed by atoms with Crippen LogP contribution in [0, 0.1) is 0 Å². The highest BCUT2D eigenvalue weighted by Gasteiger charge is 2.49. The number of carbonyl (C=O) groups is 3. The minimum absolute atomic E-state index is 0.0800. The summed E-state index contributed by atoms with van der Waals surface area (Å²) >= 11 is 0. The summed E-state index contributed by atoms with van der Waals surface area (Å²) in [6.07, 6.45) is 5.52. The molecule has 0 amide bonds. The van der Waals surface area contributed by atoms with Gasteiger partial charge < -0.3 is 34.5 Å². The molecule has 50 heavy (non-hydrogen) atoms. The van der Waals surface area contributed by atoms with Crippen molar-refractivity contribution >= 4 is 48.1 Å². The number of fused-ring (bicyclic) bond motifs is 4. The lowest BCUT2D eigenvalue weighted by atomic mass is 9.86. The molecule has 0 bridgehead atoms. The fourth-order valence-corrected chi connectivity index (χ4v) is 13.2. The molecule has 0 radical (unpaired) electrons. The number of hydrogen-bond donors (Lipinski definition) is 2. The van der Waals surface area contributed by atoms with Gasteiger partial charge in [-0.15, -0.1) is 0 Å². The van der Waals surface area contributed by atoms with Gasteiger partial charge >= 0.3 is 18.1 Å². The van der Waals surface area contributed by atoms with Crippen LogP contribution in [0.5, 0.6) is 0 Å². The van der Waals surface area contributed by atoms with Crippen LogP contribution in [-0.2, 0) is 14.3 Å². The molecular weight excluding hydrogens is 673 g/mol. The number of rotatable bonds is 6. The molecule has 5 aliphatic rings. The second-order valence-electron chi connectivity index (χ2n) is 13.2. The van der Waals surface area contributed by atoms with Crippen LogP contribution in [0.25, 0.3) is 5.57 Å². The lowest BCUT2D eigenvalue weighted by molar-refractivity contribution is -0.607. The first kappa shape index (κ1) is 35.3. The Morgan fingerprint density at radius 3 is 2.14 bits per heavy atom. The lowest BCUT2D eigenvalue weighted by Gasteiger charge is -2.46. The van der Waals surface area contributed by atoms with Crippen LogP contribution in [0.1, 0.15) is 51.1 Å². The van der Waals surface area contributed by atoms with Crippen molar-refractivity contribution in [3.05, 3.63) is 87.6 Å². The maximum Gasteiger partial charge on any atom is 0.430 e. The molecule has 4 heterocycles. The van der Waals surface area contributed by atoms with E-state index in [1.54, 1.807) is 20.3 Å². The quantitative estimate of drug-likeness (QED) is 0.341. The summed E-state index contributed by atoms with van der Waals surface area (Å²) in [5.41, 5.74) is 5.92. The molecule has 2 N–H and O–H groups in total. The Morgan fingerprint density at radius 2 is 1.56 bits per heavy atom. The number of carbonyl (C=O) groups excluding carboxylic acids is 1. The van der Waals surface area contributed by atoms with Gasteiger partial charge in [-0.3, -0.25) is 0 Å². The number of carboxylic acids is 3. The first-order chi connectivity index (χ1) is 23.8. The molecule has 10 nitrogen and oxygen atoms in total. The average molecular weight is 711 g/mol. The fraction of sp³-hybridized carbons (Fsp3) is 0.389. The number of ether oxygens (including phenoxy) is 2. The molecule has 7 rings (SSSR count). The van der Waals surface area contributed by atoms with E-state index in [4.69, 9.17) is 19.4 Å². The third-order valence-electron chi connectivity index (χ3n) is 10.4. The van der Waals surface area contributed by atoms with Gasteiger partial charge in [-0.2, -0.15) is 13.2 Å². The van der Waals surface area contributed by atoms with Gasteiger partial charge in [0.2, 0.25) is 0 Å². The SMILES string of the molecule is COC1CN(c2ccc3c(c2)[Si]2(CCCCC2)C2=CC(=[N+]4CC(OC)C4)C=CC2=C3c2cc(C(=O)O)ccc2C(=O)O)C1.O=C([O-])C(F)(F)F. The number of nitrogens with zero attached hydrogens (tertiary/aromatic N) is 2. The maximum absolute atomic E-state index is 12.6. The van der Waals surface area contributed by atoms with E-state index < -0.39 is 32.2 Å².